The molecule has 3 rings (SSSR count). The van der Waals surface area contributed by atoms with Crippen molar-refractivity contribution in [2.45, 2.75) is 13.2 Å². The molecule has 0 saturated carbocycles. The smallest absolute Gasteiger partial charge is 0.146 e. The highest BCUT2D eigenvalue weighted by atomic mass is 16.5. The molecular formula is C19H25N3O2. The number of nitrogens with zero attached hydrogens (tertiary/aromatic N) is 2. The minimum Gasteiger partial charge on any atom is -0.506 e. The standard InChI is InChI=1S/C19H25N3O2/c1-21-9-11-22(12-10-21)13-15-5-7-16(8-6-15)14-24-18-4-2-3-17(23)19(18)20/h2-8,23H,9-14,20H2,1H3. The summed E-state index contributed by atoms with van der Waals surface area (Å²) >= 11 is 0. The number of phenolic OH excluding ortho intramolecular Hbond substituents is 1. The highest BCUT2D eigenvalue weighted by Gasteiger charge is 2.13. The number of likely N-dealkylation sites (N-methyl/N-ethyl adjacent to an activating group) is 1. The van der Waals surface area contributed by atoms with Gasteiger partial charge in [-0.1, -0.05) is 30.3 Å². The molecule has 0 spiro atoms. The van der Waals surface area contributed by atoms with E-state index in [0.717, 1.165) is 38.3 Å². The fourth-order valence-electron chi connectivity index (χ4n) is 2.82. The van der Waals surface area contributed by atoms with Crippen LogP contribution in [0.5, 0.6) is 11.5 Å². The van der Waals surface area contributed by atoms with E-state index in [1.165, 1.54) is 5.56 Å². The maximum atomic E-state index is 9.59. The molecule has 1 fully saturated rings. The second-order valence-electron chi connectivity index (χ2n) is 6.37. The number of ether oxygens (including phenoxy) is 1. The van der Waals surface area contributed by atoms with Crippen LogP contribution < -0.4 is 10.5 Å². The van der Waals surface area contributed by atoms with Crippen LogP contribution in [0.2, 0.25) is 0 Å². The lowest BCUT2D eigenvalue weighted by atomic mass is 10.1. The molecule has 5 nitrogen and oxygen atoms in total. The van der Waals surface area contributed by atoms with E-state index in [9.17, 15) is 5.11 Å². The van der Waals surface area contributed by atoms with Gasteiger partial charge in [0.2, 0.25) is 0 Å². The van der Waals surface area contributed by atoms with Gasteiger partial charge < -0.3 is 20.5 Å². The highest BCUT2D eigenvalue weighted by Crippen LogP contribution is 2.30. The lowest BCUT2D eigenvalue weighted by molar-refractivity contribution is 0.148. The molecule has 2 aromatic carbocycles. The van der Waals surface area contributed by atoms with Gasteiger partial charge in [-0.05, 0) is 30.3 Å². The SMILES string of the molecule is CN1CCN(Cc2ccc(COc3cccc(O)c3N)cc2)CC1. The van der Waals surface area contributed by atoms with Crippen LogP contribution in [0.1, 0.15) is 11.1 Å². The van der Waals surface area contributed by atoms with Crippen molar-refractivity contribution in [2.24, 2.45) is 0 Å². The van der Waals surface area contributed by atoms with Gasteiger partial charge in [-0.25, -0.2) is 0 Å². The molecule has 1 heterocycles. The highest BCUT2D eigenvalue weighted by molar-refractivity contribution is 5.61. The second kappa shape index (κ2) is 7.55. The molecule has 1 saturated heterocycles. The first-order valence-electron chi connectivity index (χ1n) is 8.31. The number of hydrogen-bond donors (Lipinski definition) is 2. The summed E-state index contributed by atoms with van der Waals surface area (Å²) in [6.45, 7) is 5.95. The quantitative estimate of drug-likeness (QED) is 0.652. The fraction of sp³-hybridized carbons (Fsp3) is 0.368. The largest absolute Gasteiger partial charge is 0.506 e. The van der Waals surface area contributed by atoms with Crippen molar-refractivity contribution in [2.75, 3.05) is 39.0 Å². The van der Waals surface area contributed by atoms with Crippen LogP contribution in [0, 0.1) is 0 Å². The molecule has 128 valence electrons. The maximum Gasteiger partial charge on any atom is 0.146 e. The van der Waals surface area contributed by atoms with Crippen molar-refractivity contribution in [3.8, 4) is 11.5 Å². The Morgan fingerprint density at radius 1 is 1.00 bits per heavy atom. The van der Waals surface area contributed by atoms with E-state index in [-0.39, 0.29) is 11.4 Å². The molecule has 0 aromatic heterocycles. The lowest BCUT2D eigenvalue weighted by Gasteiger charge is -2.32. The first-order valence-corrected chi connectivity index (χ1v) is 8.31. The zero-order chi connectivity index (χ0) is 16.9. The Hall–Kier alpha value is -2.24. The second-order valence-corrected chi connectivity index (χ2v) is 6.37. The van der Waals surface area contributed by atoms with Gasteiger partial charge >= 0.3 is 0 Å². The number of para-hydroxylation sites is 1. The first kappa shape index (κ1) is 16.6. The van der Waals surface area contributed by atoms with Crippen LogP contribution in [0.3, 0.4) is 0 Å². The summed E-state index contributed by atoms with van der Waals surface area (Å²) < 4.78 is 5.70. The van der Waals surface area contributed by atoms with Gasteiger partial charge in [0.15, 0.2) is 0 Å². The zero-order valence-electron chi connectivity index (χ0n) is 14.1. The number of hydrogen-bond acceptors (Lipinski definition) is 5. The van der Waals surface area contributed by atoms with E-state index in [2.05, 4.69) is 41.1 Å². The summed E-state index contributed by atoms with van der Waals surface area (Å²) in [5.74, 6) is 0.562. The monoisotopic (exact) mass is 327 g/mol. The molecule has 0 radical (unpaired) electrons. The van der Waals surface area contributed by atoms with Crippen molar-refractivity contribution in [1.82, 2.24) is 9.80 Å². The Morgan fingerprint density at radius 2 is 1.67 bits per heavy atom. The van der Waals surface area contributed by atoms with E-state index in [1.54, 1.807) is 18.2 Å². The van der Waals surface area contributed by atoms with E-state index >= 15 is 0 Å². The van der Waals surface area contributed by atoms with E-state index in [1.807, 2.05) is 0 Å². The number of rotatable bonds is 5. The van der Waals surface area contributed by atoms with Crippen LogP contribution in [0.25, 0.3) is 0 Å². The molecule has 24 heavy (non-hydrogen) atoms. The minimum atomic E-state index is 0.0509. The van der Waals surface area contributed by atoms with Crippen molar-refractivity contribution < 1.29 is 9.84 Å². The van der Waals surface area contributed by atoms with Crippen molar-refractivity contribution in [3.63, 3.8) is 0 Å². The Kier molecular flexibility index (Phi) is 5.23. The van der Waals surface area contributed by atoms with Crippen LogP contribution in [0.15, 0.2) is 42.5 Å². The molecule has 0 aliphatic carbocycles. The van der Waals surface area contributed by atoms with Crippen molar-refractivity contribution >= 4 is 5.69 Å². The van der Waals surface area contributed by atoms with Gasteiger partial charge in [0, 0.05) is 32.7 Å². The van der Waals surface area contributed by atoms with Gasteiger partial charge in [0.1, 0.15) is 23.8 Å². The van der Waals surface area contributed by atoms with Crippen LogP contribution in [-0.2, 0) is 13.2 Å². The molecule has 0 atom stereocenters. The Morgan fingerprint density at radius 3 is 2.38 bits per heavy atom. The average molecular weight is 327 g/mol. The third-order valence-corrected chi connectivity index (χ3v) is 4.46. The molecule has 1 aliphatic rings. The number of piperazine rings is 1. The van der Waals surface area contributed by atoms with Crippen molar-refractivity contribution in [1.29, 1.82) is 0 Å². The lowest BCUT2D eigenvalue weighted by Crippen LogP contribution is -2.43. The fourth-order valence-corrected chi connectivity index (χ4v) is 2.82. The van der Waals surface area contributed by atoms with Gasteiger partial charge in [-0.3, -0.25) is 4.90 Å². The Balaban J connectivity index is 1.54. The molecular weight excluding hydrogens is 302 g/mol. The van der Waals surface area contributed by atoms with Crippen LogP contribution in [-0.4, -0.2) is 48.1 Å². The van der Waals surface area contributed by atoms with Gasteiger partial charge in [0.25, 0.3) is 0 Å². The minimum absolute atomic E-state index is 0.0509. The molecule has 0 unspecified atom stereocenters. The van der Waals surface area contributed by atoms with Crippen LogP contribution >= 0.6 is 0 Å². The number of aromatic hydroxyl groups is 1. The zero-order valence-corrected chi connectivity index (χ0v) is 14.1. The Labute approximate surface area is 143 Å². The summed E-state index contributed by atoms with van der Waals surface area (Å²) in [7, 11) is 2.17. The number of phenols is 1. The Bertz CT molecular complexity index is 665. The number of benzene rings is 2. The third-order valence-electron chi connectivity index (χ3n) is 4.46. The molecule has 1 aliphatic heterocycles. The van der Waals surface area contributed by atoms with E-state index in [4.69, 9.17) is 10.5 Å². The number of nitrogen functional groups attached to an aromatic ring is 1. The van der Waals surface area contributed by atoms with Crippen LogP contribution in [0.4, 0.5) is 5.69 Å². The molecule has 5 heteroatoms. The predicted octanol–water partition coefficient (Wildman–Crippen LogP) is 2.30. The topological polar surface area (TPSA) is 62.0 Å². The van der Waals surface area contributed by atoms with Gasteiger partial charge in [-0.15, -0.1) is 0 Å². The maximum absolute atomic E-state index is 9.59. The summed E-state index contributed by atoms with van der Waals surface area (Å²) in [5, 5.41) is 9.59. The average Bonchev–Trinajstić information content (AvgIpc) is 2.59. The molecule has 0 amide bonds. The number of nitrogens with two attached hydrogens (primary N) is 1. The summed E-state index contributed by atoms with van der Waals surface area (Å²) in [5.41, 5.74) is 8.49. The van der Waals surface area contributed by atoms with E-state index in [0.29, 0.717) is 12.4 Å². The molecule has 2 aromatic rings. The normalized spacial score (nSPS) is 16.2. The van der Waals surface area contributed by atoms with Gasteiger partial charge in [0.05, 0.1) is 0 Å². The summed E-state index contributed by atoms with van der Waals surface area (Å²) in [4.78, 5) is 4.85. The molecule has 0 bridgehead atoms. The first-order chi connectivity index (χ1) is 11.6. The third kappa shape index (κ3) is 4.19. The van der Waals surface area contributed by atoms with Crippen molar-refractivity contribution in [3.05, 3.63) is 53.6 Å². The summed E-state index contributed by atoms with van der Waals surface area (Å²) in [6, 6.07) is 13.5. The number of anilines is 1. The van der Waals surface area contributed by atoms with Gasteiger partial charge in [-0.2, -0.15) is 0 Å². The summed E-state index contributed by atoms with van der Waals surface area (Å²) in [6.07, 6.45) is 0. The molecule has 3 N–H and O–H groups in total. The van der Waals surface area contributed by atoms with E-state index < -0.39 is 0 Å². The predicted molar refractivity (Wildman–Crippen MR) is 96.1 cm³/mol.